The van der Waals surface area contributed by atoms with Gasteiger partial charge in [0.2, 0.25) is 0 Å². The van der Waals surface area contributed by atoms with Gasteiger partial charge in [-0.3, -0.25) is 4.79 Å². The number of carbonyl (C=O) groups is 1. The molecule has 2 atom stereocenters. The first kappa shape index (κ1) is 32.5. The van der Waals surface area contributed by atoms with Crippen molar-refractivity contribution in [1.82, 2.24) is 20.1 Å². The Balaban J connectivity index is 2.24. The fourth-order valence-corrected chi connectivity index (χ4v) is 4.99. The molecular formula is C30H52N7O2+. The fourth-order valence-electron chi connectivity index (χ4n) is 4.99. The number of hydrogen-bond acceptors (Lipinski definition) is 6. The largest absolute Gasteiger partial charge is 0.466 e. The van der Waals surface area contributed by atoms with E-state index >= 15 is 0 Å². The van der Waals surface area contributed by atoms with Crippen LogP contribution < -0.4 is 20.9 Å². The summed E-state index contributed by atoms with van der Waals surface area (Å²) in [7, 11) is 6.17. The summed E-state index contributed by atoms with van der Waals surface area (Å²) >= 11 is 0. The zero-order valence-corrected chi connectivity index (χ0v) is 25.5. The SMILES string of the molecule is CC=CN=C(C)N(CCC(=O)OCC)C(CC)c1ccc2c(c1)n(C)c(CNCCCCC(C)(N)NC)[n+]2C. The summed E-state index contributed by atoms with van der Waals surface area (Å²) in [6.45, 7) is 12.7. The number of amidine groups is 1. The number of hydrogen-bond donors (Lipinski definition) is 3. The van der Waals surface area contributed by atoms with Gasteiger partial charge in [-0.25, -0.2) is 14.1 Å². The Hall–Kier alpha value is -2.75. The Kier molecular flexibility index (Phi) is 13.1. The van der Waals surface area contributed by atoms with Crippen molar-refractivity contribution >= 4 is 22.8 Å². The van der Waals surface area contributed by atoms with Gasteiger partial charge in [0.05, 0.1) is 45.4 Å². The number of nitrogens with two attached hydrogens (primary N) is 1. The van der Waals surface area contributed by atoms with Crippen LogP contribution in [0.15, 0.2) is 35.5 Å². The van der Waals surface area contributed by atoms with Gasteiger partial charge >= 0.3 is 5.97 Å². The van der Waals surface area contributed by atoms with Crippen LogP contribution in [0.3, 0.4) is 0 Å². The van der Waals surface area contributed by atoms with Crippen LogP contribution >= 0.6 is 0 Å². The maximum absolute atomic E-state index is 12.2. The van der Waals surface area contributed by atoms with Gasteiger partial charge < -0.3 is 26.0 Å². The van der Waals surface area contributed by atoms with Crippen molar-refractivity contribution in [3.63, 3.8) is 0 Å². The predicted molar refractivity (Wildman–Crippen MR) is 160 cm³/mol. The summed E-state index contributed by atoms with van der Waals surface area (Å²) in [6, 6.07) is 6.79. The molecule has 0 radical (unpaired) electrons. The van der Waals surface area contributed by atoms with Crippen molar-refractivity contribution in [1.29, 1.82) is 0 Å². The summed E-state index contributed by atoms with van der Waals surface area (Å²) in [5, 5.41) is 6.77. The van der Waals surface area contributed by atoms with E-state index in [1.165, 1.54) is 22.4 Å². The standard InChI is InChI=1S/C30H52N7O2/c1-9-18-34-23(4)37(20-16-29(38)39-11-3)25(10-2)24-14-15-26-27(21-24)36(8)28(35(26)7)22-33-19-13-12-17-30(5,31)32-6/h9,14-15,18,21,25,32-33H,10-13,16-17,19-20,22,31H2,1-8H3/q+1. The van der Waals surface area contributed by atoms with Gasteiger partial charge in [0.15, 0.2) is 11.0 Å². The van der Waals surface area contributed by atoms with Crippen LogP contribution in [-0.4, -0.2) is 53.7 Å². The van der Waals surface area contributed by atoms with Gasteiger partial charge in [0.1, 0.15) is 5.84 Å². The highest BCUT2D eigenvalue weighted by Gasteiger charge is 2.25. The number of unbranched alkanes of at least 4 members (excludes halogenated alkanes) is 1. The number of nitrogens with zero attached hydrogens (tertiary/aromatic N) is 4. The summed E-state index contributed by atoms with van der Waals surface area (Å²) in [5.74, 6) is 1.92. The predicted octanol–water partition coefficient (Wildman–Crippen LogP) is 3.82. The summed E-state index contributed by atoms with van der Waals surface area (Å²) in [5.41, 5.74) is 9.46. The lowest BCUT2D eigenvalue weighted by atomic mass is 10.0. The van der Waals surface area contributed by atoms with Gasteiger partial charge in [-0.05, 0) is 84.7 Å². The third-order valence-electron chi connectivity index (χ3n) is 7.49. The zero-order valence-electron chi connectivity index (χ0n) is 25.5. The van der Waals surface area contributed by atoms with Gasteiger partial charge in [0.25, 0.3) is 5.82 Å². The molecule has 2 unspecified atom stereocenters. The molecule has 0 aliphatic carbocycles. The zero-order chi connectivity index (χ0) is 29.0. The third kappa shape index (κ3) is 9.15. The Bertz CT molecular complexity index is 1120. The molecule has 2 aromatic rings. The molecule has 2 rings (SSSR count). The topological polar surface area (TPSA) is 101 Å². The maximum atomic E-state index is 12.2. The van der Waals surface area contributed by atoms with E-state index in [0.29, 0.717) is 19.6 Å². The molecule has 0 amide bonds. The molecule has 0 bridgehead atoms. The number of allylic oxidation sites excluding steroid dienone is 1. The van der Waals surface area contributed by atoms with Gasteiger partial charge in [0, 0.05) is 12.7 Å². The Morgan fingerprint density at radius 3 is 2.72 bits per heavy atom. The lowest BCUT2D eigenvalue weighted by Gasteiger charge is -2.33. The van der Waals surface area contributed by atoms with E-state index in [9.17, 15) is 4.79 Å². The summed E-state index contributed by atoms with van der Waals surface area (Å²) in [6.07, 6.45) is 8.03. The second-order valence-corrected chi connectivity index (χ2v) is 10.4. The second kappa shape index (κ2) is 15.7. The van der Waals surface area contributed by atoms with E-state index in [4.69, 9.17) is 10.5 Å². The smallest absolute Gasteiger partial charge is 0.307 e. The minimum atomic E-state index is -0.304. The molecule has 0 spiro atoms. The van der Waals surface area contributed by atoms with Crippen LogP contribution in [0.1, 0.15) is 84.2 Å². The number of benzene rings is 1. The van der Waals surface area contributed by atoms with E-state index in [1.54, 1.807) is 6.20 Å². The second-order valence-electron chi connectivity index (χ2n) is 10.4. The third-order valence-corrected chi connectivity index (χ3v) is 7.49. The van der Waals surface area contributed by atoms with Crippen molar-refractivity contribution in [2.24, 2.45) is 24.8 Å². The number of nitrogens with one attached hydrogen (secondary N) is 2. The van der Waals surface area contributed by atoms with E-state index in [0.717, 1.165) is 44.6 Å². The van der Waals surface area contributed by atoms with Crippen molar-refractivity contribution in [3.8, 4) is 0 Å². The van der Waals surface area contributed by atoms with Crippen LogP contribution in [0.4, 0.5) is 0 Å². The van der Waals surface area contributed by atoms with Crippen LogP contribution in [0.5, 0.6) is 0 Å². The monoisotopic (exact) mass is 542 g/mol. The molecule has 1 heterocycles. The number of ether oxygens (including phenoxy) is 1. The number of imidazole rings is 1. The van der Waals surface area contributed by atoms with E-state index in [2.05, 4.69) is 68.9 Å². The van der Waals surface area contributed by atoms with Gasteiger partial charge in [-0.1, -0.05) is 19.1 Å². The molecule has 1 aromatic heterocycles. The molecule has 0 saturated carbocycles. The summed E-state index contributed by atoms with van der Waals surface area (Å²) in [4.78, 5) is 19.0. The highest BCUT2D eigenvalue weighted by Crippen LogP contribution is 2.28. The minimum absolute atomic E-state index is 0.0884. The van der Waals surface area contributed by atoms with E-state index < -0.39 is 0 Å². The molecule has 0 aliphatic rings. The number of aryl methyl sites for hydroxylation is 2. The van der Waals surface area contributed by atoms with Crippen molar-refractivity contribution in [2.75, 3.05) is 26.7 Å². The molecule has 9 heteroatoms. The number of aromatic nitrogens is 2. The molecule has 0 fully saturated rings. The molecule has 9 nitrogen and oxygen atoms in total. The highest BCUT2D eigenvalue weighted by atomic mass is 16.5. The van der Waals surface area contributed by atoms with E-state index in [1.807, 2.05) is 40.8 Å². The highest BCUT2D eigenvalue weighted by molar-refractivity contribution is 5.82. The lowest BCUT2D eigenvalue weighted by Crippen LogP contribution is -2.48. The van der Waals surface area contributed by atoms with Crippen LogP contribution in [0.2, 0.25) is 0 Å². The molecular weight excluding hydrogens is 490 g/mol. The van der Waals surface area contributed by atoms with Crippen LogP contribution in [0, 0.1) is 0 Å². The van der Waals surface area contributed by atoms with Gasteiger partial charge in [-0.15, -0.1) is 0 Å². The molecule has 0 saturated heterocycles. The maximum Gasteiger partial charge on any atom is 0.307 e. The number of fused-ring (bicyclic) bond motifs is 1. The summed E-state index contributed by atoms with van der Waals surface area (Å²) < 4.78 is 9.74. The first-order valence-electron chi connectivity index (χ1n) is 14.3. The van der Waals surface area contributed by atoms with Gasteiger partial charge in [-0.2, -0.15) is 0 Å². The first-order chi connectivity index (χ1) is 18.6. The molecule has 4 N–H and O–H groups in total. The van der Waals surface area contributed by atoms with Crippen LogP contribution in [0.25, 0.3) is 11.0 Å². The Morgan fingerprint density at radius 1 is 1.33 bits per heavy atom. The number of esters is 1. The fraction of sp³-hybridized carbons (Fsp3) is 0.633. The average Bonchev–Trinajstić information content (AvgIpc) is 3.15. The quantitative estimate of drug-likeness (QED) is 0.0745. The molecule has 218 valence electrons. The number of carbonyl (C=O) groups excluding carboxylic acids is 1. The minimum Gasteiger partial charge on any atom is -0.466 e. The Morgan fingerprint density at radius 2 is 2.08 bits per heavy atom. The average molecular weight is 543 g/mol. The molecule has 0 aliphatic heterocycles. The van der Waals surface area contributed by atoms with E-state index in [-0.39, 0.29) is 17.7 Å². The van der Waals surface area contributed by atoms with Crippen molar-refractivity contribution in [3.05, 3.63) is 41.9 Å². The Labute approximate surface area is 235 Å². The first-order valence-corrected chi connectivity index (χ1v) is 14.3. The normalized spacial score (nSPS) is 14.6. The molecule has 39 heavy (non-hydrogen) atoms. The number of rotatable bonds is 16. The van der Waals surface area contributed by atoms with Crippen molar-refractivity contribution in [2.45, 2.75) is 85.0 Å². The van der Waals surface area contributed by atoms with Crippen molar-refractivity contribution < 1.29 is 14.1 Å². The molecule has 1 aromatic carbocycles. The number of aliphatic imine (C=N–C) groups is 1. The lowest BCUT2D eigenvalue weighted by molar-refractivity contribution is -0.654. The van der Waals surface area contributed by atoms with Crippen LogP contribution in [-0.2, 0) is 30.2 Å².